The van der Waals surface area contributed by atoms with Crippen LogP contribution in [0.1, 0.15) is 297 Å². The minimum atomic E-state index is -0.788. The first-order valence-corrected chi connectivity index (χ1v) is 30.6. The van der Waals surface area contributed by atoms with Gasteiger partial charge in [0.15, 0.2) is 6.10 Å². The predicted octanol–water partition coefficient (Wildman–Crippen LogP) is 20.7. The molecule has 0 heterocycles. The second-order valence-corrected chi connectivity index (χ2v) is 20.2. The first-order valence-electron chi connectivity index (χ1n) is 30.6. The van der Waals surface area contributed by atoms with E-state index in [1.807, 2.05) is 0 Å². The number of allylic oxidation sites excluding steroid dienone is 14. The van der Waals surface area contributed by atoms with Gasteiger partial charge in [-0.05, 0) is 116 Å². The van der Waals surface area contributed by atoms with Crippen LogP contribution in [-0.4, -0.2) is 37.2 Å². The van der Waals surface area contributed by atoms with Crippen molar-refractivity contribution in [3.63, 3.8) is 0 Å². The molecule has 414 valence electrons. The van der Waals surface area contributed by atoms with E-state index in [4.69, 9.17) is 14.2 Å². The molecule has 0 saturated heterocycles. The second kappa shape index (κ2) is 60.1. The molecular weight excluding hydrogens is 889 g/mol. The van der Waals surface area contributed by atoms with Crippen LogP contribution in [0.4, 0.5) is 0 Å². The number of hydrogen-bond donors (Lipinski definition) is 0. The highest BCUT2D eigenvalue weighted by atomic mass is 16.6. The lowest BCUT2D eigenvalue weighted by molar-refractivity contribution is -0.167. The Morgan fingerprint density at radius 3 is 0.861 bits per heavy atom. The van der Waals surface area contributed by atoms with Gasteiger partial charge in [-0.1, -0.05) is 247 Å². The third-order valence-corrected chi connectivity index (χ3v) is 13.1. The van der Waals surface area contributed by atoms with Gasteiger partial charge in [0.1, 0.15) is 13.2 Å². The minimum Gasteiger partial charge on any atom is -0.462 e. The van der Waals surface area contributed by atoms with Crippen LogP contribution >= 0.6 is 0 Å². The van der Waals surface area contributed by atoms with E-state index in [2.05, 4.69) is 106 Å². The SMILES string of the molecule is CC/C=C\C/C=C\C/C=C\C/C=C\C/C=C\CCCCCCCCCC(=O)OCC(COC(=O)CCCCCCC/C=C\CCCCCCC)OC(=O)CCCCCCCCC/C=C\CCCCCCCC. The summed E-state index contributed by atoms with van der Waals surface area (Å²) >= 11 is 0. The van der Waals surface area contributed by atoms with E-state index in [1.54, 1.807) is 0 Å². The molecule has 0 aromatic heterocycles. The van der Waals surface area contributed by atoms with E-state index in [0.29, 0.717) is 19.3 Å². The van der Waals surface area contributed by atoms with Crippen molar-refractivity contribution in [1.29, 1.82) is 0 Å². The number of unbranched alkanes of at least 4 members (excludes halogenated alkanes) is 30. The van der Waals surface area contributed by atoms with E-state index >= 15 is 0 Å². The molecule has 6 nitrogen and oxygen atoms in total. The van der Waals surface area contributed by atoms with Crippen LogP contribution in [0.2, 0.25) is 0 Å². The molecule has 0 saturated carbocycles. The van der Waals surface area contributed by atoms with Crippen molar-refractivity contribution in [3.8, 4) is 0 Å². The zero-order valence-corrected chi connectivity index (χ0v) is 47.4. The largest absolute Gasteiger partial charge is 0.462 e. The normalized spacial score (nSPS) is 12.7. The van der Waals surface area contributed by atoms with Gasteiger partial charge in [-0.25, -0.2) is 0 Å². The van der Waals surface area contributed by atoms with Crippen molar-refractivity contribution >= 4 is 17.9 Å². The Labute approximate surface area is 445 Å². The lowest BCUT2D eigenvalue weighted by Gasteiger charge is -2.18. The molecule has 0 fully saturated rings. The summed E-state index contributed by atoms with van der Waals surface area (Å²) in [5.74, 6) is -0.899. The number of carbonyl (C=O) groups excluding carboxylic acids is 3. The highest BCUT2D eigenvalue weighted by molar-refractivity contribution is 5.71. The molecular formula is C66H114O6. The lowest BCUT2D eigenvalue weighted by atomic mass is 10.1. The van der Waals surface area contributed by atoms with Crippen molar-refractivity contribution in [2.75, 3.05) is 13.2 Å². The molecule has 0 spiro atoms. The van der Waals surface area contributed by atoms with Crippen LogP contribution in [0.5, 0.6) is 0 Å². The molecule has 0 rings (SSSR count). The third kappa shape index (κ3) is 57.5. The van der Waals surface area contributed by atoms with Gasteiger partial charge < -0.3 is 14.2 Å². The maximum absolute atomic E-state index is 12.9. The molecule has 0 radical (unpaired) electrons. The Hall–Kier alpha value is -3.41. The fraction of sp³-hybridized carbons (Fsp3) is 0.742. The van der Waals surface area contributed by atoms with Crippen molar-refractivity contribution < 1.29 is 28.6 Å². The zero-order valence-electron chi connectivity index (χ0n) is 47.4. The van der Waals surface area contributed by atoms with Gasteiger partial charge in [0, 0.05) is 19.3 Å². The first kappa shape index (κ1) is 68.6. The topological polar surface area (TPSA) is 78.9 Å². The molecule has 6 heteroatoms. The molecule has 0 aromatic carbocycles. The molecule has 0 aromatic rings. The number of hydrogen-bond acceptors (Lipinski definition) is 6. The maximum atomic E-state index is 12.9. The van der Waals surface area contributed by atoms with Crippen LogP contribution in [0.15, 0.2) is 85.1 Å². The molecule has 0 aliphatic carbocycles. The Kier molecular flexibility index (Phi) is 57.3. The summed E-state index contributed by atoms with van der Waals surface area (Å²) in [7, 11) is 0. The fourth-order valence-electron chi connectivity index (χ4n) is 8.52. The van der Waals surface area contributed by atoms with E-state index < -0.39 is 6.10 Å². The Morgan fingerprint density at radius 1 is 0.292 bits per heavy atom. The number of rotatable bonds is 55. The van der Waals surface area contributed by atoms with E-state index in [9.17, 15) is 14.4 Å². The van der Waals surface area contributed by atoms with Crippen molar-refractivity contribution in [2.24, 2.45) is 0 Å². The molecule has 0 amide bonds. The van der Waals surface area contributed by atoms with Crippen LogP contribution < -0.4 is 0 Å². The highest BCUT2D eigenvalue weighted by Gasteiger charge is 2.19. The van der Waals surface area contributed by atoms with Gasteiger partial charge in [-0.15, -0.1) is 0 Å². The summed E-state index contributed by atoms with van der Waals surface area (Å²) in [4.78, 5) is 38.2. The minimum absolute atomic E-state index is 0.0852. The van der Waals surface area contributed by atoms with Gasteiger partial charge in [-0.3, -0.25) is 14.4 Å². The van der Waals surface area contributed by atoms with Crippen molar-refractivity contribution in [1.82, 2.24) is 0 Å². The van der Waals surface area contributed by atoms with Crippen LogP contribution in [0.3, 0.4) is 0 Å². The second-order valence-electron chi connectivity index (χ2n) is 20.2. The Bertz CT molecular complexity index is 1380. The van der Waals surface area contributed by atoms with Gasteiger partial charge in [0.05, 0.1) is 0 Å². The van der Waals surface area contributed by atoms with E-state index in [0.717, 1.165) is 103 Å². The Morgan fingerprint density at radius 2 is 0.542 bits per heavy atom. The summed E-state index contributed by atoms with van der Waals surface area (Å²) in [6.07, 6.45) is 78.6. The molecule has 0 aliphatic rings. The fourth-order valence-corrected chi connectivity index (χ4v) is 8.52. The number of carbonyl (C=O) groups is 3. The van der Waals surface area contributed by atoms with E-state index in [-0.39, 0.29) is 31.1 Å². The average Bonchev–Trinajstić information content (AvgIpc) is 3.38. The molecule has 1 atom stereocenters. The maximum Gasteiger partial charge on any atom is 0.306 e. The Balaban J connectivity index is 4.38. The van der Waals surface area contributed by atoms with Gasteiger partial charge in [-0.2, -0.15) is 0 Å². The zero-order chi connectivity index (χ0) is 52.2. The molecule has 0 aliphatic heterocycles. The van der Waals surface area contributed by atoms with Gasteiger partial charge in [0.2, 0.25) is 0 Å². The van der Waals surface area contributed by atoms with Gasteiger partial charge >= 0.3 is 17.9 Å². The third-order valence-electron chi connectivity index (χ3n) is 13.1. The summed E-state index contributed by atoms with van der Waals surface area (Å²) in [5, 5.41) is 0. The van der Waals surface area contributed by atoms with Crippen molar-refractivity contribution in [2.45, 2.75) is 303 Å². The first-order chi connectivity index (χ1) is 35.5. The average molecular weight is 1000 g/mol. The monoisotopic (exact) mass is 1000 g/mol. The van der Waals surface area contributed by atoms with Gasteiger partial charge in [0.25, 0.3) is 0 Å². The van der Waals surface area contributed by atoms with Crippen molar-refractivity contribution in [3.05, 3.63) is 85.1 Å². The van der Waals surface area contributed by atoms with Crippen LogP contribution in [0.25, 0.3) is 0 Å². The van der Waals surface area contributed by atoms with Crippen LogP contribution in [0, 0.1) is 0 Å². The predicted molar refractivity (Wildman–Crippen MR) is 311 cm³/mol. The molecule has 0 N–H and O–H groups in total. The van der Waals surface area contributed by atoms with Crippen LogP contribution in [-0.2, 0) is 28.6 Å². The summed E-state index contributed by atoms with van der Waals surface area (Å²) in [6.45, 7) is 6.52. The lowest BCUT2D eigenvalue weighted by Crippen LogP contribution is -2.30. The molecule has 1 unspecified atom stereocenters. The summed E-state index contributed by atoms with van der Waals surface area (Å²) in [5.41, 5.74) is 0. The number of esters is 3. The standard InChI is InChI=1S/C66H114O6/c1-4-7-10-13-16-19-22-25-28-30-31-32-33-34-35-37-38-41-44-47-50-53-56-59-65(68)71-62-63(61-70-64(67)58-55-52-49-46-43-40-27-24-21-18-15-12-9-6-3)72-66(69)60-57-54-51-48-45-42-39-36-29-26-23-20-17-14-11-8-5-2/h7,10,16,19,24-29,31-32,34-35,63H,4-6,8-9,11-15,17-18,20-23,30,33,36-62H2,1-3H3/b10-7-,19-16-,27-24-,28-25-,29-26-,32-31-,35-34-. The number of ether oxygens (including phenoxy) is 3. The molecule has 72 heavy (non-hydrogen) atoms. The summed E-state index contributed by atoms with van der Waals surface area (Å²) in [6, 6.07) is 0. The molecule has 0 bridgehead atoms. The summed E-state index contributed by atoms with van der Waals surface area (Å²) < 4.78 is 16.9. The quantitative estimate of drug-likeness (QED) is 0.0261. The highest BCUT2D eigenvalue weighted by Crippen LogP contribution is 2.15. The van der Waals surface area contributed by atoms with E-state index in [1.165, 1.54) is 154 Å². The smallest absolute Gasteiger partial charge is 0.306 e.